The molecule has 2 N–H and O–H groups in total. The van der Waals surface area contributed by atoms with E-state index in [4.69, 9.17) is 0 Å². The summed E-state index contributed by atoms with van der Waals surface area (Å²) in [6.45, 7) is 2.27. The Kier molecular flexibility index (Phi) is 3.61. The standard InChI is InChI=1S/C13H22N4O/c18-9-10-4-3-7-17-13(10)15-12(16-17)8-11-5-1-2-6-14-11/h10-11,14,18H,1-9H2. The van der Waals surface area contributed by atoms with Gasteiger partial charge in [0.2, 0.25) is 0 Å². The number of aryl methyl sites for hydroxylation is 1. The van der Waals surface area contributed by atoms with Crippen molar-refractivity contribution in [2.75, 3.05) is 13.2 Å². The summed E-state index contributed by atoms with van der Waals surface area (Å²) in [5.41, 5.74) is 0. The Labute approximate surface area is 108 Å². The van der Waals surface area contributed by atoms with Crippen LogP contribution in [0.5, 0.6) is 0 Å². The molecule has 0 radical (unpaired) electrons. The molecule has 1 aromatic heterocycles. The highest BCUT2D eigenvalue weighted by Crippen LogP contribution is 2.25. The summed E-state index contributed by atoms with van der Waals surface area (Å²) >= 11 is 0. The van der Waals surface area contributed by atoms with Crippen LogP contribution in [0, 0.1) is 0 Å². The molecule has 2 aliphatic heterocycles. The summed E-state index contributed by atoms with van der Waals surface area (Å²) in [5, 5.41) is 17.5. The minimum absolute atomic E-state index is 0.194. The highest BCUT2D eigenvalue weighted by atomic mass is 16.3. The van der Waals surface area contributed by atoms with Crippen molar-refractivity contribution in [2.24, 2.45) is 0 Å². The number of fused-ring (bicyclic) bond motifs is 1. The fraction of sp³-hybridized carbons (Fsp3) is 0.846. The minimum Gasteiger partial charge on any atom is -0.396 e. The molecule has 0 aromatic carbocycles. The predicted molar refractivity (Wildman–Crippen MR) is 68.4 cm³/mol. The topological polar surface area (TPSA) is 63.0 Å². The van der Waals surface area contributed by atoms with Gasteiger partial charge in [0, 0.05) is 24.9 Å². The van der Waals surface area contributed by atoms with Gasteiger partial charge in [0.25, 0.3) is 0 Å². The van der Waals surface area contributed by atoms with Gasteiger partial charge in [0.05, 0.1) is 6.61 Å². The van der Waals surface area contributed by atoms with Gasteiger partial charge in [-0.05, 0) is 32.2 Å². The third-order valence-corrected chi connectivity index (χ3v) is 4.09. The molecule has 0 amide bonds. The lowest BCUT2D eigenvalue weighted by Gasteiger charge is -2.21. The third-order valence-electron chi connectivity index (χ3n) is 4.09. The normalized spacial score (nSPS) is 28.1. The molecule has 100 valence electrons. The van der Waals surface area contributed by atoms with Gasteiger partial charge in [-0.2, -0.15) is 5.10 Å². The predicted octanol–water partition coefficient (Wildman–Crippen LogP) is 0.832. The monoisotopic (exact) mass is 250 g/mol. The second-order valence-electron chi connectivity index (χ2n) is 5.48. The molecule has 18 heavy (non-hydrogen) atoms. The quantitative estimate of drug-likeness (QED) is 0.834. The Balaban J connectivity index is 1.71. The van der Waals surface area contributed by atoms with Gasteiger partial charge in [0.15, 0.2) is 5.82 Å². The minimum atomic E-state index is 0.194. The van der Waals surface area contributed by atoms with Crippen LogP contribution in [0.3, 0.4) is 0 Å². The number of piperidine rings is 1. The lowest BCUT2D eigenvalue weighted by Crippen LogP contribution is -2.35. The Morgan fingerprint density at radius 2 is 2.22 bits per heavy atom. The van der Waals surface area contributed by atoms with Crippen LogP contribution in [0.25, 0.3) is 0 Å². The number of aliphatic hydroxyl groups excluding tert-OH is 1. The summed E-state index contributed by atoms with van der Waals surface area (Å²) < 4.78 is 2.00. The molecule has 0 saturated carbocycles. The van der Waals surface area contributed by atoms with Crippen molar-refractivity contribution in [1.29, 1.82) is 0 Å². The van der Waals surface area contributed by atoms with Gasteiger partial charge in [-0.1, -0.05) is 6.42 Å². The molecule has 1 fully saturated rings. The maximum Gasteiger partial charge on any atom is 0.152 e. The third kappa shape index (κ3) is 2.42. The van der Waals surface area contributed by atoms with E-state index in [9.17, 15) is 5.11 Å². The van der Waals surface area contributed by atoms with E-state index in [0.717, 1.165) is 44.0 Å². The molecule has 0 aliphatic carbocycles. The lowest BCUT2D eigenvalue weighted by molar-refractivity contribution is 0.234. The number of hydrogen-bond donors (Lipinski definition) is 2. The molecule has 2 aliphatic rings. The van der Waals surface area contributed by atoms with E-state index in [-0.39, 0.29) is 12.5 Å². The van der Waals surface area contributed by atoms with Crippen LogP contribution in [0.1, 0.15) is 49.7 Å². The Bertz CT molecular complexity index is 398. The van der Waals surface area contributed by atoms with E-state index in [1.807, 2.05) is 4.68 Å². The molecular weight excluding hydrogens is 228 g/mol. The molecule has 5 nitrogen and oxygen atoms in total. The van der Waals surface area contributed by atoms with Crippen molar-refractivity contribution in [3.8, 4) is 0 Å². The van der Waals surface area contributed by atoms with E-state index in [1.54, 1.807) is 0 Å². The van der Waals surface area contributed by atoms with E-state index in [2.05, 4.69) is 15.4 Å². The van der Waals surface area contributed by atoms with E-state index >= 15 is 0 Å². The summed E-state index contributed by atoms with van der Waals surface area (Å²) in [6.07, 6.45) is 6.89. The Morgan fingerprint density at radius 1 is 1.28 bits per heavy atom. The van der Waals surface area contributed by atoms with E-state index in [0.29, 0.717) is 6.04 Å². The largest absolute Gasteiger partial charge is 0.396 e. The number of hydrogen-bond acceptors (Lipinski definition) is 4. The number of nitrogens with zero attached hydrogens (tertiary/aromatic N) is 3. The van der Waals surface area contributed by atoms with Crippen LogP contribution < -0.4 is 5.32 Å². The zero-order chi connectivity index (χ0) is 12.4. The van der Waals surface area contributed by atoms with Crippen LogP contribution in [0.4, 0.5) is 0 Å². The van der Waals surface area contributed by atoms with Gasteiger partial charge in [0.1, 0.15) is 5.82 Å². The first-order valence-electron chi connectivity index (χ1n) is 7.14. The molecule has 2 atom stereocenters. The van der Waals surface area contributed by atoms with Crippen LogP contribution in [0.2, 0.25) is 0 Å². The van der Waals surface area contributed by atoms with Crippen LogP contribution in [-0.2, 0) is 13.0 Å². The van der Waals surface area contributed by atoms with E-state index < -0.39 is 0 Å². The van der Waals surface area contributed by atoms with Gasteiger partial charge < -0.3 is 10.4 Å². The fourth-order valence-electron chi connectivity index (χ4n) is 3.06. The second kappa shape index (κ2) is 5.36. The summed E-state index contributed by atoms with van der Waals surface area (Å²) in [4.78, 5) is 4.65. The highest BCUT2D eigenvalue weighted by molar-refractivity contribution is 5.04. The Hall–Kier alpha value is -0.940. The van der Waals surface area contributed by atoms with Gasteiger partial charge >= 0.3 is 0 Å². The zero-order valence-corrected chi connectivity index (χ0v) is 10.8. The van der Waals surface area contributed by atoms with Gasteiger partial charge in [-0.25, -0.2) is 9.67 Å². The number of aromatic nitrogens is 3. The van der Waals surface area contributed by atoms with Crippen molar-refractivity contribution in [1.82, 2.24) is 20.1 Å². The number of rotatable bonds is 3. The van der Waals surface area contributed by atoms with Crippen molar-refractivity contribution in [3.63, 3.8) is 0 Å². The first kappa shape index (κ1) is 12.1. The average Bonchev–Trinajstić information content (AvgIpc) is 2.82. The molecule has 3 heterocycles. The summed E-state index contributed by atoms with van der Waals surface area (Å²) in [7, 11) is 0. The van der Waals surface area contributed by atoms with Gasteiger partial charge in [-0.3, -0.25) is 0 Å². The van der Waals surface area contributed by atoms with Crippen LogP contribution >= 0.6 is 0 Å². The van der Waals surface area contributed by atoms with Crippen LogP contribution in [0.15, 0.2) is 0 Å². The van der Waals surface area contributed by atoms with Gasteiger partial charge in [-0.15, -0.1) is 0 Å². The first-order valence-corrected chi connectivity index (χ1v) is 7.14. The molecule has 5 heteroatoms. The maximum absolute atomic E-state index is 9.38. The van der Waals surface area contributed by atoms with Crippen LogP contribution in [-0.4, -0.2) is 39.1 Å². The molecule has 1 aromatic rings. The number of nitrogens with one attached hydrogen (secondary N) is 1. The number of aliphatic hydroxyl groups is 1. The van der Waals surface area contributed by atoms with Crippen molar-refractivity contribution < 1.29 is 5.11 Å². The molecule has 2 unspecified atom stereocenters. The van der Waals surface area contributed by atoms with E-state index in [1.165, 1.54) is 19.3 Å². The fourth-order valence-corrected chi connectivity index (χ4v) is 3.06. The average molecular weight is 250 g/mol. The van der Waals surface area contributed by atoms with Crippen molar-refractivity contribution in [2.45, 2.75) is 57.0 Å². The summed E-state index contributed by atoms with van der Waals surface area (Å²) in [5.74, 6) is 2.14. The maximum atomic E-state index is 9.38. The molecule has 0 bridgehead atoms. The van der Waals surface area contributed by atoms with Crippen molar-refractivity contribution >= 4 is 0 Å². The van der Waals surface area contributed by atoms with Crippen molar-refractivity contribution in [3.05, 3.63) is 11.6 Å². The second-order valence-corrected chi connectivity index (χ2v) is 5.48. The summed E-state index contributed by atoms with van der Waals surface area (Å²) in [6, 6.07) is 0.538. The zero-order valence-electron chi connectivity index (χ0n) is 10.8. The first-order chi connectivity index (χ1) is 8.86. The SMILES string of the molecule is OCC1CCCn2nc(CC3CCCCN3)nc21. The molecule has 1 saturated heterocycles. The highest BCUT2D eigenvalue weighted by Gasteiger charge is 2.24. The molecule has 0 spiro atoms. The molecule has 3 rings (SSSR count). The smallest absolute Gasteiger partial charge is 0.152 e. The lowest BCUT2D eigenvalue weighted by atomic mass is 10.0. The Morgan fingerprint density at radius 3 is 3.00 bits per heavy atom. The molecular formula is C13H22N4O.